The van der Waals surface area contributed by atoms with E-state index in [-0.39, 0.29) is 21.2 Å². The van der Waals surface area contributed by atoms with Crippen molar-refractivity contribution < 1.29 is 22.4 Å². The maximum atomic E-state index is 13.4. The highest BCUT2D eigenvalue weighted by molar-refractivity contribution is 7.89. The van der Waals surface area contributed by atoms with Gasteiger partial charge in [-0.15, -0.1) is 0 Å². The maximum absolute atomic E-state index is 13.4. The molecule has 0 atom stereocenters. The number of hydrogen-bond donors (Lipinski definition) is 2. The van der Waals surface area contributed by atoms with E-state index in [2.05, 4.69) is 5.43 Å². The molecular weight excluding hydrogens is 447 g/mol. The van der Waals surface area contributed by atoms with Crippen molar-refractivity contribution in [2.45, 2.75) is 4.90 Å². The van der Waals surface area contributed by atoms with Crippen LogP contribution in [0.15, 0.2) is 71.3 Å². The van der Waals surface area contributed by atoms with Crippen LogP contribution in [0, 0.1) is 5.82 Å². The van der Waals surface area contributed by atoms with Gasteiger partial charge in [-0.25, -0.2) is 23.0 Å². The molecule has 2 amide bonds. The molecule has 1 aromatic heterocycles. The lowest BCUT2D eigenvalue weighted by atomic mass is 10.2. The van der Waals surface area contributed by atoms with E-state index in [0.29, 0.717) is 11.4 Å². The fraction of sp³-hybridized carbons (Fsp3) is 0. The van der Waals surface area contributed by atoms with Gasteiger partial charge in [0.25, 0.3) is 11.8 Å². The van der Waals surface area contributed by atoms with Crippen molar-refractivity contribution in [3.63, 3.8) is 0 Å². The summed E-state index contributed by atoms with van der Waals surface area (Å²) in [5.41, 5.74) is 3.59. The number of amides is 2. The third kappa shape index (κ3) is 3.96. The van der Waals surface area contributed by atoms with Gasteiger partial charge in [0.05, 0.1) is 15.6 Å². The number of aromatic nitrogens is 1. The number of benzene rings is 2. The standard InChI is InChI=1S/C20H14ClFN4O4S/c21-17-11-14(5-8-18(17)22)26-20(28)16(19(27)24-26)10-13-2-1-9-25(13)12-3-6-15(7-4-12)31(23,29)30/h1-11H,(H,24,27)(H2,23,29,30)/b16-10-. The van der Waals surface area contributed by atoms with Gasteiger partial charge in [0, 0.05) is 17.6 Å². The molecule has 2 aromatic carbocycles. The number of anilines is 1. The summed E-state index contributed by atoms with van der Waals surface area (Å²) < 4.78 is 37.9. The third-order valence-electron chi connectivity index (χ3n) is 4.57. The second kappa shape index (κ2) is 7.65. The van der Waals surface area contributed by atoms with Crippen LogP contribution >= 0.6 is 11.6 Å². The quantitative estimate of drug-likeness (QED) is 0.459. The minimum absolute atomic E-state index is 0.0396. The molecule has 0 unspecified atom stereocenters. The van der Waals surface area contributed by atoms with Gasteiger partial charge in [0.15, 0.2) is 0 Å². The van der Waals surface area contributed by atoms with Gasteiger partial charge >= 0.3 is 0 Å². The fourth-order valence-corrected chi connectivity index (χ4v) is 3.74. The topological polar surface area (TPSA) is 114 Å². The molecule has 8 nitrogen and oxygen atoms in total. The first-order chi connectivity index (χ1) is 14.6. The molecule has 3 N–H and O–H groups in total. The van der Waals surface area contributed by atoms with Crippen LogP contribution < -0.4 is 15.6 Å². The molecule has 11 heteroatoms. The largest absolute Gasteiger partial charge is 0.317 e. The van der Waals surface area contributed by atoms with Crippen molar-refractivity contribution in [1.29, 1.82) is 0 Å². The van der Waals surface area contributed by atoms with Crippen molar-refractivity contribution in [3.8, 4) is 5.69 Å². The summed E-state index contributed by atoms with van der Waals surface area (Å²) in [6.07, 6.45) is 3.09. The highest BCUT2D eigenvalue weighted by atomic mass is 35.5. The van der Waals surface area contributed by atoms with Crippen LogP contribution in [0.25, 0.3) is 11.8 Å². The average molecular weight is 461 g/mol. The van der Waals surface area contributed by atoms with Crippen molar-refractivity contribution >= 4 is 45.2 Å². The first-order valence-corrected chi connectivity index (χ1v) is 10.7. The number of halogens is 2. The number of nitrogens with two attached hydrogens (primary N) is 1. The normalized spacial score (nSPS) is 15.6. The van der Waals surface area contributed by atoms with Crippen LogP contribution in [0.4, 0.5) is 10.1 Å². The number of carbonyl (C=O) groups excluding carboxylic acids is 2. The second-order valence-electron chi connectivity index (χ2n) is 6.58. The first-order valence-electron chi connectivity index (χ1n) is 8.78. The molecular formula is C20H14ClFN4O4S. The molecule has 1 aliphatic rings. The molecule has 0 spiro atoms. The lowest BCUT2D eigenvalue weighted by Crippen LogP contribution is -2.35. The van der Waals surface area contributed by atoms with Crippen molar-refractivity contribution in [1.82, 2.24) is 9.99 Å². The van der Waals surface area contributed by atoms with Gasteiger partial charge in [-0.3, -0.25) is 15.0 Å². The summed E-state index contributed by atoms with van der Waals surface area (Å²) in [4.78, 5) is 25.2. The summed E-state index contributed by atoms with van der Waals surface area (Å²) in [5, 5.41) is 5.91. The number of hydrogen-bond acceptors (Lipinski definition) is 4. The van der Waals surface area contributed by atoms with Crippen molar-refractivity contribution in [2.24, 2.45) is 5.14 Å². The molecule has 1 aliphatic heterocycles. The van der Waals surface area contributed by atoms with Gasteiger partial charge in [0.2, 0.25) is 10.0 Å². The zero-order chi connectivity index (χ0) is 22.3. The highest BCUT2D eigenvalue weighted by Crippen LogP contribution is 2.26. The summed E-state index contributed by atoms with van der Waals surface area (Å²) in [6, 6.07) is 12.8. The number of sulfonamides is 1. The van der Waals surface area contributed by atoms with E-state index in [0.717, 1.165) is 11.1 Å². The molecule has 1 fully saturated rings. The molecule has 0 saturated carbocycles. The van der Waals surface area contributed by atoms with Gasteiger partial charge < -0.3 is 4.57 Å². The van der Waals surface area contributed by atoms with Crippen molar-refractivity contribution in [3.05, 3.63) is 82.9 Å². The zero-order valence-corrected chi connectivity index (χ0v) is 17.2. The van der Waals surface area contributed by atoms with Gasteiger partial charge in [-0.05, 0) is 60.7 Å². The Kier molecular flexibility index (Phi) is 5.13. The Hall–Kier alpha value is -3.47. The summed E-state index contributed by atoms with van der Waals surface area (Å²) >= 11 is 5.77. The molecule has 1 saturated heterocycles. The highest BCUT2D eigenvalue weighted by Gasteiger charge is 2.35. The Balaban J connectivity index is 1.67. The lowest BCUT2D eigenvalue weighted by molar-refractivity contribution is -0.117. The number of hydrazine groups is 1. The predicted octanol–water partition coefficient (Wildman–Crippen LogP) is 2.38. The smallest absolute Gasteiger partial charge is 0.282 e. The minimum Gasteiger partial charge on any atom is -0.317 e. The van der Waals surface area contributed by atoms with Crippen LogP contribution in [-0.4, -0.2) is 24.8 Å². The molecule has 0 radical (unpaired) electrons. The zero-order valence-electron chi connectivity index (χ0n) is 15.6. The van der Waals surface area contributed by atoms with E-state index in [1.807, 2.05) is 0 Å². The lowest BCUT2D eigenvalue weighted by Gasteiger charge is -2.14. The number of primary sulfonamides is 1. The van der Waals surface area contributed by atoms with E-state index in [9.17, 15) is 22.4 Å². The average Bonchev–Trinajstić information content (AvgIpc) is 3.29. The molecule has 0 aliphatic carbocycles. The Bertz CT molecular complexity index is 1350. The summed E-state index contributed by atoms with van der Waals surface area (Å²) in [6.45, 7) is 0. The monoisotopic (exact) mass is 460 g/mol. The second-order valence-corrected chi connectivity index (χ2v) is 8.55. The van der Waals surface area contributed by atoms with E-state index in [1.54, 1.807) is 35.0 Å². The predicted molar refractivity (Wildman–Crippen MR) is 112 cm³/mol. The SMILES string of the molecule is NS(=O)(=O)c1ccc(-n2cccc2/C=C2/C(=O)NN(c3ccc(F)c(Cl)c3)C2=O)cc1. The van der Waals surface area contributed by atoms with Crippen LogP contribution in [0.2, 0.25) is 5.02 Å². The molecule has 31 heavy (non-hydrogen) atoms. The number of nitrogens with one attached hydrogen (secondary N) is 1. The van der Waals surface area contributed by atoms with E-state index < -0.39 is 27.7 Å². The molecule has 2 heterocycles. The Morgan fingerprint density at radius 3 is 2.35 bits per heavy atom. The maximum Gasteiger partial charge on any atom is 0.282 e. The molecule has 158 valence electrons. The Morgan fingerprint density at radius 2 is 1.71 bits per heavy atom. The number of carbonyl (C=O) groups is 2. The van der Waals surface area contributed by atoms with Gasteiger partial charge in [0.1, 0.15) is 11.4 Å². The van der Waals surface area contributed by atoms with Crippen molar-refractivity contribution in [2.75, 3.05) is 5.01 Å². The van der Waals surface area contributed by atoms with Gasteiger partial charge in [-0.1, -0.05) is 11.6 Å². The third-order valence-corrected chi connectivity index (χ3v) is 5.79. The van der Waals surface area contributed by atoms with Crippen LogP contribution in [0.3, 0.4) is 0 Å². The van der Waals surface area contributed by atoms with Gasteiger partial charge in [-0.2, -0.15) is 0 Å². The minimum atomic E-state index is -3.83. The summed E-state index contributed by atoms with van der Waals surface area (Å²) in [7, 11) is -3.83. The first kappa shape index (κ1) is 20.8. The number of rotatable bonds is 4. The molecule has 3 aromatic rings. The Labute approximate surface area is 181 Å². The van der Waals surface area contributed by atoms with Crippen LogP contribution in [0.1, 0.15) is 5.69 Å². The van der Waals surface area contributed by atoms with E-state index in [1.165, 1.54) is 30.3 Å². The Morgan fingerprint density at radius 1 is 1.03 bits per heavy atom. The fourth-order valence-electron chi connectivity index (χ4n) is 3.05. The molecule has 0 bridgehead atoms. The molecule has 4 rings (SSSR count). The summed E-state index contributed by atoms with van der Waals surface area (Å²) in [5.74, 6) is -1.92. The van der Waals surface area contributed by atoms with Crippen LogP contribution in [0.5, 0.6) is 0 Å². The number of nitrogens with zero attached hydrogens (tertiary/aromatic N) is 2. The van der Waals surface area contributed by atoms with E-state index >= 15 is 0 Å². The van der Waals surface area contributed by atoms with E-state index in [4.69, 9.17) is 16.7 Å². The van der Waals surface area contributed by atoms with Crippen LogP contribution in [-0.2, 0) is 19.6 Å².